The summed E-state index contributed by atoms with van der Waals surface area (Å²) in [6, 6.07) is 6.03. The van der Waals surface area contributed by atoms with E-state index in [-0.39, 0.29) is 0 Å². The van der Waals surface area contributed by atoms with Crippen LogP contribution in [0.3, 0.4) is 0 Å². The summed E-state index contributed by atoms with van der Waals surface area (Å²) in [5, 5.41) is 1.09. The molecule has 0 aromatic carbocycles. The van der Waals surface area contributed by atoms with E-state index in [0.717, 1.165) is 27.9 Å². The van der Waals surface area contributed by atoms with E-state index in [1.165, 1.54) is 0 Å². The maximum atomic E-state index is 5.16. The second-order valence-corrected chi connectivity index (χ2v) is 3.75. The highest BCUT2D eigenvalue weighted by molar-refractivity contribution is 5.81. The van der Waals surface area contributed by atoms with E-state index in [9.17, 15) is 0 Å². The molecule has 0 aliphatic rings. The molecule has 4 nitrogen and oxygen atoms in total. The van der Waals surface area contributed by atoms with Crippen molar-refractivity contribution in [3.05, 3.63) is 43.0 Å². The highest BCUT2D eigenvalue weighted by Crippen LogP contribution is 2.24. The lowest BCUT2D eigenvalue weighted by molar-refractivity contribution is 0.413. The van der Waals surface area contributed by atoms with E-state index in [2.05, 4.69) is 21.0 Å². The van der Waals surface area contributed by atoms with Crippen LogP contribution in [0.25, 0.3) is 22.2 Å². The van der Waals surface area contributed by atoms with Gasteiger partial charge in [-0.25, -0.2) is 4.98 Å². The van der Waals surface area contributed by atoms with E-state index < -0.39 is 0 Å². The lowest BCUT2D eigenvalue weighted by atomic mass is 10.1. The van der Waals surface area contributed by atoms with Gasteiger partial charge in [-0.2, -0.15) is 0 Å². The van der Waals surface area contributed by atoms with Gasteiger partial charge in [0.15, 0.2) is 0 Å². The largest absolute Gasteiger partial charge is 0.495 e. The number of hydrogen-bond acceptors (Lipinski definition) is 3. The third-order valence-corrected chi connectivity index (χ3v) is 2.68. The van der Waals surface area contributed by atoms with Crippen molar-refractivity contribution in [1.82, 2.24) is 15.0 Å². The summed E-state index contributed by atoms with van der Waals surface area (Å²) in [5.41, 5.74) is 2.92. The van der Waals surface area contributed by atoms with Crippen molar-refractivity contribution in [1.29, 1.82) is 0 Å². The number of ether oxygens (including phenoxy) is 1. The fourth-order valence-electron chi connectivity index (χ4n) is 1.79. The summed E-state index contributed by atoms with van der Waals surface area (Å²) in [7, 11) is 1.63. The fourth-order valence-corrected chi connectivity index (χ4v) is 1.79. The van der Waals surface area contributed by atoms with Crippen LogP contribution in [0, 0.1) is 0 Å². The molecular formula is C13H11N3O. The molecule has 0 spiro atoms. The number of pyridine rings is 2. The Morgan fingerprint density at radius 3 is 2.88 bits per heavy atom. The van der Waals surface area contributed by atoms with Crippen molar-refractivity contribution >= 4 is 11.0 Å². The Hall–Kier alpha value is -2.36. The molecule has 84 valence electrons. The topological polar surface area (TPSA) is 50.8 Å². The van der Waals surface area contributed by atoms with Crippen LogP contribution in [0.4, 0.5) is 0 Å². The van der Waals surface area contributed by atoms with Crippen LogP contribution in [0.2, 0.25) is 0 Å². The van der Waals surface area contributed by atoms with Crippen molar-refractivity contribution < 1.29 is 4.74 Å². The van der Waals surface area contributed by atoms with E-state index in [4.69, 9.17) is 4.74 Å². The minimum Gasteiger partial charge on any atom is -0.495 e. The van der Waals surface area contributed by atoms with Gasteiger partial charge in [-0.3, -0.25) is 4.98 Å². The van der Waals surface area contributed by atoms with Gasteiger partial charge < -0.3 is 9.72 Å². The highest BCUT2D eigenvalue weighted by Gasteiger charge is 2.03. The number of nitrogens with one attached hydrogen (secondary N) is 1. The normalized spacial score (nSPS) is 10.6. The summed E-state index contributed by atoms with van der Waals surface area (Å²) in [6.45, 7) is 0. The van der Waals surface area contributed by atoms with Crippen LogP contribution >= 0.6 is 0 Å². The van der Waals surface area contributed by atoms with Crippen LogP contribution in [0.15, 0.2) is 43.0 Å². The van der Waals surface area contributed by atoms with E-state index in [1.54, 1.807) is 19.5 Å². The van der Waals surface area contributed by atoms with Gasteiger partial charge in [0.05, 0.1) is 13.3 Å². The van der Waals surface area contributed by atoms with Crippen molar-refractivity contribution in [2.24, 2.45) is 0 Å². The predicted octanol–water partition coefficient (Wildman–Crippen LogP) is 2.63. The average Bonchev–Trinajstić information content (AvgIpc) is 2.86. The van der Waals surface area contributed by atoms with Gasteiger partial charge in [0.2, 0.25) is 0 Å². The highest BCUT2D eigenvalue weighted by atomic mass is 16.5. The molecule has 0 bridgehead atoms. The number of aromatic nitrogens is 3. The first-order valence-corrected chi connectivity index (χ1v) is 5.29. The third kappa shape index (κ3) is 1.73. The maximum absolute atomic E-state index is 5.16. The zero-order valence-electron chi connectivity index (χ0n) is 9.34. The Morgan fingerprint density at radius 2 is 2.00 bits per heavy atom. The van der Waals surface area contributed by atoms with Gasteiger partial charge in [-0.05, 0) is 18.2 Å². The van der Waals surface area contributed by atoms with Gasteiger partial charge in [-0.15, -0.1) is 0 Å². The zero-order chi connectivity index (χ0) is 11.7. The first-order chi connectivity index (χ1) is 8.36. The molecule has 0 aliphatic carbocycles. The lowest BCUT2D eigenvalue weighted by Gasteiger charge is -2.03. The average molecular weight is 225 g/mol. The second kappa shape index (κ2) is 3.90. The van der Waals surface area contributed by atoms with Crippen LogP contribution in [-0.4, -0.2) is 22.1 Å². The molecule has 4 heteroatoms. The van der Waals surface area contributed by atoms with Gasteiger partial charge >= 0.3 is 0 Å². The lowest BCUT2D eigenvalue weighted by Crippen LogP contribution is -1.87. The molecule has 3 heterocycles. The second-order valence-electron chi connectivity index (χ2n) is 3.75. The molecule has 0 radical (unpaired) electrons. The van der Waals surface area contributed by atoms with Crippen molar-refractivity contribution in [2.75, 3.05) is 7.11 Å². The Bertz CT molecular complexity index is 660. The molecule has 0 saturated heterocycles. The van der Waals surface area contributed by atoms with Crippen molar-refractivity contribution in [2.45, 2.75) is 0 Å². The van der Waals surface area contributed by atoms with Gasteiger partial charge in [0.25, 0.3) is 0 Å². The molecule has 3 rings (SSSR count). The van der Waals surface area contributed by atoms with Crippen LogP contribution in [-0.2, 0) is 0 Å². The van der Waals surface area contributed by atoms with E-state index in [1.807, 2.05) is 24.5 Å². The van der Waals surface area contributed by atoms with Crippen LogP contribution in [0.1, 0.15) is 0 Å². The molecule has 3 aromatic heterocycles. The molecule has 17 heavy (non-hydrogen) atoms. The molecular weight excluding hydrogens is 214 g/mol. The van der Waals surface area contributed by atoms with Crippen molar-refractivity contribution in [3.8, 4) is 16.9 Å². The third-order valence-electron chi connectivity index (χ3n) is 2.68. The van der Waals surface area contributed by atoms with Crippen LogP contribution in [0.5, 0.6) is 5.75 Å². The van der Waals surface area contributed by atoms with Gasteiger partial charge in [-0.1, -0.05) is 0 Å². The molecule has 1 N–H and O–H groups in total. The maximum Gasteiger partial charge on any atom is 0.137 e. The zero-order valence-corrected chi connectivity index (χ0v) is 9.34. The van der Waals surface area contributed by atoms with Crippen LogP contribution < -0.4 is 4.74 Å². The summed E-state index contributed by atoms with van der Waals surface area (Å²) in [5.74, 6) is 0.747. The summed E-state index contributed by atoms with van der Waals surface area (Å²) < 4.78 is 5.16. The molecule has 0 amide bonds. The minimum absolute atomic E-state index is 0.747. The van der Waals surface area contributed by atoms with E-state index in [0.29, 0.717) is 0 Å². The number of H-pyrrole nitrogens is 1. The summed E-state index contributed by atoms with van der Waals surface area (Å²) in [6.07, 6.45) is 7.20. The fraction of sp³-hybridized carbons (Fsp3) is 0.0769. The van der Waals surface area contributed by atoms with Gasteiger partial charge in [0, 0.05) is 35.1 Å². The number of nitrogens with zero attached hydrogens (tertiary/aromatic N) is 2. The number of methoxy groups -OCH3 is 1. The quantitative estimate of drug-likeness (QED) is 0.729. The first-order valence-electron chi connectivity index (χ1n) is 5.29. The smallest absolute Gasteiger partial charge is 0.137 e. The van der Waals surface area contributed by atoms with Gasteiger partial charge in [0.1, 0.15) is 11.4 Å². The number of aromatic amines is 1. The summed E-state index contributed by atoms with van der Waals surface area (Å²) in [4.78, 5) is 11.6. The predicted molar refractivity (Wildman–Crippen MR) is 65.9 cm³/mol. The Kier molecular flexibility index (Phi) is 2.26. The Balaban J connectivity index is 2.12. The minimum atomic E-state index is 0.747. The molecule has 3 aromatic rings. The number of hydrogen-bond donors (Lipinski definition) is 1. The van der Waals surface area contributed by atoms with Crippen molar-refractivity contribution in [3.63, 3.8) is 0 Å². The molecule has 0 atom stereocenters. The first kappa shape index (κ1) is 9.84. The SMILES string of the molecule is COc1cncc(-c2cnc3[nH]ccc3c2)c1. The molecule has 0 fully saturated rings. The molecule has 0 unspecified atom stereocenters. The Labute approximate surface area is 98.3 Å². The summed E-state index contributed by atoms with van der Waals surface area (Å²) >= 11 is 0. The molecule has 0 aliphatic heterocycles. The standard InChI is InChI=1S/C13H11N3O/c1-17-12-5-11(6-14-8-12)10-4-9-2-3-15-13(9)16-7-10/h2-8H,1H3,(H,15,16). The number of rotatable bonds is 2. The Morgan fingerprint density at radius 1 is 1.12 bits per heavy atom. The number of fused-ring (bicyclic) bond motifs is 1. The van der Waals surface area contributed by atoms with E-state index >= 15 is 0 Å². The monoisotopic (exact) mass is 225 g/mol. The molecule has 0 saturated carbocycles.